The molecule has 0 radical (unpaired) electrons. The maximum Gasteiger partial charge on any atom is 0.278 e. The van der Waals surface area contributed by atoms with E-state index >= 15 is 0 Å². The minimum atomic E-state index is -0.426. The van der Waals surface area contributed by atoms with E-state index < -0.39 is 5.91 Å². The Morgan fingerprint density at radius 3 is 2.71 bits per heavy atom. The molecule has 3 heterocycles. The van der Waals surface area contributed by atoms with Crippen LogP contribution < -0.4 is 15.4 Å². The Morgan fingerprint density at radius 1 is 1.11 bits per heavy atom. The van der Waals surface area contributed by atoms with Crippen LogP contribution in [0.2, 0.25) is 0 Å². The number of fused-ring (bicyclic) bond motifs is 1. The van der Waals surface area contributed by atoms with Crippen LogP contribution in [0.1, 0.15) is 56.8 Å². The smallest absolute Gasteiger partial charge is 0.278 e. The average molecular weight is 492 g/mol. The fourth-order valence-electron chi connectivity index (χ4n) is 4.13. The molecule has 1 aromatic carbocycles. The van der Waals surface area contributed by atoms with Crippen LogP contribution in [0.3, 0.4) is 0 Å². The third-order valence-electron chi connectivity index (χ3n) is 5.82. The van der Waals surface area contributed by atoms with Gasteiger partial charge in [0.2, 0.25) is 0 Å². The predicted molar refractivity (Wildman–Crippen MR) is 132 cm³/mol. The third kappa shape index (κ3) is 5.00. The second-order valence-corrected chi connectivity index (χ2v) is 9.27. The summed E-state index contributed by atoms with van der Waals surface area (Å²) in [5.41, 5.74) is 2.47. The van der Waals surface area contributed by atoms with Crippen molar-refractivity contribution in [1.82, 2.24) is 10.5 Å². The zero-order valence-corrected chi connectivity index (χ0v) is 20.1. The van der Waals surface area contributed by atoms with E-state index in [9.17, 15) is 9.59 Å². The van der Waals surface area contributed by atoms with Crippen LogP contribution in [0.15, 0.2) is 57.7 Å². The first-order valence-corrected chi connectivity index (χ1v) is 12.4. The van der Waals surface area contributed by atoms with Gasteiger partial charge in [0.05, 0.1) is 25.0 Å². The van der Waals surface area contributed by atoms with Gasteiger partial charge in [0.15, 0.2) is 11.5 Å². The van der Waals surface area contributed by atoms with Crippen LogP contribution in [-0.2, 0) is 19.4 Å². The number of anilines is 1. The molecule has 9 heteroatoms. The normalized spacial score (nSPS) is 12.7. The molecular formula is C26H25N3O5S. The lowest BCUT2D eigenvalue weighted by atomic mass is 9.95. The predicted octanol–water partition coefficient (Wildman–Crippen LogP) is 5.46. The van der Waals surface area contributed by atoms with E-state index in [1.54, 1.807) is 24.5 Å². The molecule has 0 atom stereocenters. The van der Waals surface area contributed by atoms with Gasteiger partial charge in [-0.1, -0.05) is 5.16 Å². The van der Waals surface area contributed by atoms with Gasteiger partial charge < -0.3 is 24.3 Å². The minimum Gasteiger partial charge on any atom is -0.494 e. The molecule has 0 aliphatic heterocycles. The van der Waals surface area contributed by atoms with Crippen molar-refractivity contribution < 1.29 is 23.3 Å². The zero-order valence-electron chi connectivity index (χ0n) is 19.3. The van der Waals surface area contributed by atoms with Crippen molar-refractivity contribution in [1.29, 1.82) is 0 Å². The van der Waals surface area contributed by atoms with Crippen LogP contribution in [0.25, 0.3) is 11.3 Å². The Hall–Kier alpha value is -3.85. The first-order valence-electron chi connectivity index (χ1n) is 11.6. The van der Waals surface area contributed by atoms with E-state index in [0.29, 0.717) is 28.7 Å². The Balaban J connectivity index is 1.34. The van der Waals surface area contributed by atoms with Gasteiger partial charge in [0, 0.05) is 16.5 Å². The van der Waals surface area contributed by atoms with Gasteiger partial charge >= 0.3 is 0 Å². The number of aryl methyl sites for hydroxylation is 1. The van der Waals surface area contributed by atoms with Crippen LogP contribution in [0, 0.1) is 0 Å². The molecular weight excluding hydrogens is 466 g/mol. The second kappa shape index (κ2) is 10.2. The van der Waals surface area contributed by atoms with Crippen molar-refractivity contribution >= 4 is 28.2 Å². The molecule has 0 saturated carbocycles. The largest absolute Gasteiger partial charge is 0.494 e. The maximum atomic E-state index is 13.1. The summed E-state index contributed by atoms with van der Waals surface area (Å²) >= 11 is 1.46. The highest BCUT2D eigenvalue weighted by Gasteiger charge is 2.27. The van der Waals surface area contributed by atoms with Crippen molar-refractivity contribution in [3.8, 4) is 17.1 Å². The van der Waals surface area contributed by atoms with E-state index in [0.717, 1.165) is 47.4 Å². The number of carbonyl (C=O) groups is 2. The van der Waals surface area contributed by atoms with Crippen LogP contribution in [-0.4, -0.2) is 23.6 Å². The van der Waals surface area contributed by atoms with Crippen LogP contribution in [0.5, 0.6) is 5.75 Å². The molecule has 0 fully saturated rings. The number of nitrogens with one attached hydrogen (secondary N) is 2. The number of furan rings is 1. The van der Waals surface area contributed by atoms with E-state index in [1.165, 1.54) is 11.3 Å². The van der Waals surface area contributed by atoms with Crippen molar-refractivity contribution in [2.24, 2.45) is 0 Å². The second-order valence-electron chi connectivity index (χ2n) is 8.16. The highest BCUT2D eigenvalue weighted by molar-refractivity contribution is 7.17. The summed E-state index contributed by atoms with van der Waals surface area (Å²) < 4.78 is 16.2. The molecule has 35 heavy (non-hydrogen) atoms. The van der Waals surface area contributed by atoms with Gasteiger partial charge in [0.1, 0.15) is 16.5 Å². The molecule has 2 amide bonds. The van der Waals surface area contributed by atoms with Gasteiger partial charge in [-0.25, -0.2) is 0 Å². The van der Waals surface area contributed by atoms with E-state index in [-0.39, 0.29) is 18.1 Å². The highest BCUT2D eigenvalue weighted by Crippen LogP contribution is 2.38. The lowest BCUT2D eigenvalue weighted by Gasteiger charge is -2.13. The summed E-state index contributed by atoms with van der Waals surface area (Å²) in [4.78, 5) is 27.3. The average Bonchev–Trinajstić information content (AvgIpc) is 3.63. The summed E-state index contributed by atoms with van der Waals surface area (Å²) in [7, 11) is 0. The Labute approximate surface area is 206 Å². The number of ether oxygens (including phenoxy) is 1. The molecule has 0 bridgehead atoms. The number of carbonyl (C=O) groups excluding carboxylic acids is 2. The van der Waals surface area contributed by atoms with Gasteiger partial charge in [-0.05, 0) is 74.6 Å². The van der Waals surface area contributed by atoms with Crippen molar-refractivity contribution in [2.75, 3.05) is 11.9 Å². The first kappa shape index (κ1) is 22.9. The molecule has 0 spiro atoms. The molecule has 0 unspecified atom stereocenters. The fourth-order valence-corrected chi connectivity index (χ4v) is 5.41. The first-order chi connectivity index (χ1) is 17.1. The number of nitrogens with zero attached hydrogens (tertiary/aromatic N) is 1. The van der Waals surface area contributed by atoms with E-state index in [2.05, 4.69) is 15.8 Å². The molecule has 0 saturated heterocycles. The Kier molecular flexibility index (Phi) is 6.67. The van der Waals surface area contributed by atoms with Crippen LogP contribution in [0.4, 0.5) is 5.00 Å². The summed E-state index contributed by atoms with van der Waals surface area (Å²) in [6, 6.07) is 12.5. The van der Waals surface area contributed by atoms with Gasteiger partial charge in [-0.15, -0.1) is 11.3 Å². The molecule has 1 aliphatic rings. The minimum absolute atomic E-state index is 0.141. The molecule has 180 valence electrons. The molecule has 1 aliphatic carbocycles. The highest BCUT2D eigenvalue weighted by atomic mass is 32.1. The quantitative estimate of drug-likeness (QED) is 0.339. The van der Waals surface area contributed by atoms with Gasteiger partial charge in [-0.2, -0.15) is 0 Å². The summed E-state index contributed by atoms with van der Waals surface area (Å²) in [5.74, 6) is 1.24. The number of aromatic nitrogens is 1. The van der Waals surface area contributed by atoms with Crippen molar-refractivity contribution in [3.05, 3.63) is 76.2 Å². The summed E-state index contributed by atoms with van der Waals surface area (Å²) in [6.45, 7) is 2.78. The van der Waals surface area contributed by atoms with Crippen LogP contribution >= 0.6 is 11.3 Å². The van der Waals surface area contributed by atoms with E-state index in [4.69, 9.17) is 13.7 Å². The van der Waals surface area contributed by atoms with Crippen molar-refractivity contribution in [2.45, 2.75) is 39.2 Å². The topological polar surface area (TPSA) is 107 Å². The van der Waals surface area contributed by atoms with Crippen molar-refractivity contribution in [3.63, 3.8) is 0 Å². The Bertz CT molecular complexity index is 1320. The number of thiophene rings is 1. The third-order valence-corrected chi connectivity index (χ3v) is 7.03. The lowest BCUT2D eigenvalue weighted by Crippen LogP contribution is -2.25. The van der Waals surface area contributed by atoms with Gasteiger partial charge in [0.25, 0.3) is 11.8 Å². The number of amides is 2. The monoisotopic (exact) mass is 491 g/mol. The summed E-state index contributed by atoms with van der Waals surface area (Å²) in [6.07, 6.45) is 5.38. The molecule has 5 rings (SSSR count). The standard InChI is InChI=1S/C26H25N3O5S/c1-2-32-17-11-9-16(10-12-17)21-14-20(29-34-21)24(30)28-26-23(19-7-3-4-8-22(19)35-26)25(31)27-15-18-6-5-13-33-18/h5-6,9-14H,2-4,7-8,15H2,1H3,(H,27,31)(H,28,30). The molecule has 2 N–H and O–H groups in total. The van der Waals surface area contributed by atoms with E-state index in [1.807, 2.05) is 31.2 Å². The molecule has 3 aromatic heterocycles. The van der Waals surface area contributed by atoms with Gasteiger partial charge in [-0.3, -0.25) is 9.59 Å². The number of hydrogen-bond donors (Lipinski definition) is 2. The molecule has 8 nitrogen and oxygen atoms in total. The molecule has 4 aromatic rings. The lowest BCUT2D eigenvalue weighted by molar-refractivity contribution is 0.0948. The SMILES string of the molecule is CCOc1ccc(-c2cc(C(=O)Nc3sc4c(c3C(=O)NCc3ccco3)CCCC4)no2)cc1. The fraction of sp³-hybridized carbons (Fsp3) is 0.269. The maximum absolute atomic E-state index is 13.1. The zero-order chi connectivity index (χ0) is 24.2. The Morgan fingerprint density at radius 2 is 1.94 bits per heavy atom. The number of hydrogen-bond acceptors (Lipinski definition) is 7. The summed E-state index contributed by atoms with van der Waals surface area (Å²) in [5, 5.41) is 10.3. The number of benzene rings is 1. The number of rotatable bonds is 8.